The third-order valence-corrected chi connectivity index (χ3v) is 3.90. The first kappa shape index (κ1) is 12.4. The number of hydrogen-bond acceptors (Lipinski definition) is 2. The van der Waals surface area contributed by atoms with Crippen molar-refractivity contribution in [3.8, 4) is 0 Å². The van der Waals surface area contributed by atoms with Gasteiger partial charge in [-0.15, -0.1) is 0 Å². The van der Waals surface area contributed by atoms with Crippen LogP contribution in [0, 0.1) is 0 Å². The number of hydrogen-bond donors (Lipinski definition) is 1. The maximum Gasteiger partial charge on any atom is 0.232 e. The zero-order chi connectivity index (χ0) is 12.8. The largest absolute Gasteiger partial charge is 0.346 e. The Labute approximate surface area is 107 Å². The summed E-state index contributed by atoms with van der Waals surface area (Å²) in [5.74, 6) is 0.0206. The molecule has 2 rings (SSSR count). The van der Waals surface area contributed by atoms with Crippen LogP contribution in [0.3, 0.4) is 0 Å². The smallest absolute Gasteiger partial charge is 0.232 e. The molecule has 1 aromatic heterocycles. The molecule has 1 aromatic rings. The lowest BCUT2D eigenvalue weighted by Crippen LogP contribution is -2.56. The molecule has 1 atom stereocenters. The summed E-state index contributed by atoms with van der Waals surface area (Å²) in [5.41, 5.74) is 0.876. The third-order valence-electron chi connectivity index (χ3n) is 3.69. The summed E-state index contributed by atoms with van der Waals surface area (Å²) in [4.78, 5) is 16.6. The Bertz CT molecular complexity index is 484. The van der Waals surface area contributed by atoms with E-state index in [2.05, 4.69) is 10.3 Å². The first-order valence-electron chi connectivity index (χ1n) is 5.81. The van der Waals surface area contributed by atoms with Crippen LogP contribution in [-0.2, 0) is 15.7 Å². The predicted molar refractivity (Wildman–Crippen MR) is 68.1 cm³/mol. The maximum atomic E-state index is 12.2. The highest BCUT2D eigenvalue weighted by Crippen LogP contribution is 2.39. The second-order valence-corrected chi connectivity index (χ2v) is 5.68. The van der Waals surface area contributed by atoms with Crippen molar-refractivity contribution in [3.05, 3.63) is 28.5 Å². The molecule has 1 N–H and O–H groups in total. The first-order chi connectivity index (χ1) is 7.81. The molecule has 4 heteroatoms. The Balaban J connectivity index is 2.73. The van der Waals surface area contributed by atoms with Gasteiger partial charge in [0.2, 0.25) is 5.91 Å². The number of amides is 1. The Kier molecular flexibility index (Phi) is 2.69. The fraction of sp³-hybridized carbons (Fsp3) is 0.538. The van der Waals surface area contributed by atoms with Gasteiger partial charge in [-0.2, -0.15) is 0 Å². The number of nitrogens with zero attached hydrogens (tertiary/aromatic N) is 1. The summed E-state index contributed by atoms with van der Waals surface area (Å²) in [5, 5.41) is 3.49. The van der Waals surface area contributed by atoms with E-state index in [1.807, 2.05) is 33.8 Å². The van der Waals surface area contributed by atoms with E-state index in [0.717, 1.165) is 11.3 Å². The van der Waals surface area contributed by atoms with Gasteiger partial charge in [-0.25, -0.2) is 4.98 Å². The molecule has 3 nitrogen and oxygen atoms in total. The minimum atomic E-state index is -0.588. The Morgan fingerprint density at radius 2 is 2.00 bits per heavy atom. The number of fused-ring (bicyclic) bond motifs is 1. The molecule has 0 spiro atoms. The van der Waals surface area contributed by atoms with E-state index < -0.39 is 11.0 Å². The lowest BCUT2D eigenvalue weighted by Gasteiger charge is -2.41. The molecule has 2 heterocycles. The fourth-order valence-electron chi connectivity index (χ4n) is 2.28. The minimum Gasteiger partial charge on any atom is -0.346 e. The average Bonchev–Trinajstić information content (AvgIpc) is 2.25. The van der Waals surface area contributed by atoms with Crippen LogP contribution in [0.1, 0.15) is 45.4 Å². The molecular weight excluding hydrogens is 236 g/mol. The molecule has 0 aromatic carbocycles. The Hall–Kier alpha value is -1.09. The lowest BCUT2D eigenvalue weighted by molar-refractivity contribution is -0.129. The van der Waals surface area contributed by atoms with Crippen LogP contribution in [0.15, 0.2) is 12.1 Å². The highest BCUT2D eigenvalue weighted by Gasteiger charge is 2.46. The monoisotopic (exact) mass is 252 g/mol. The molecule has 1 amide bonds. The quantitative estimate of drug-likeness (QED) is 0.781. The second kappa shape index (κ2) is 3.70. The van der Waals surface area contributed by atoms with E-state index in [1.54, 1.807) is 6.07 Å². The first-order valence-corrected chi connectivity index (χ1v) is 6.19. The summed E-state index contributed by atoms with van der Waals surface area (Å²) in [6.45, 7) is 7.87. The van der Waals surface area contributed by atoms with E-state index in [0.29, 0.717) is 11.6 Å². The van der Waals surface area contributed by atoms with Crippen molar-refractivity contribution in [3.63, 3.8) is 0 Å². The highest BCUT2D eigenvalue weighted by atomic mass is 35.5. The lowest BCUT2D eigenvalue weighted by atomic mass is 9.72. The molecule has 17 heavy (non-hydrogen) atoms. The summed E-state index contributed by atoms with van der Waals surface area (Å²) in [6, 6.07) is 3.73. The number of rotatable bonds is 1. The van der Waals surface area contributed by atoms with Crippen LogP contribution in [0.5, 0.6) is 0 Å². The van der Waals surface area contributed by atoms with Crippen LogP contribution < -0.4 is 5.32 Å². The van der Waals surface area contributed by atoms with Gasteiger partial charge in [-0.05, 0) is 38.8 Å². The molecule has 92 valence electrons. The molecule has 0 fully saturated rings. The molecular formula is C13H17ClN2O. The van der Waals surface area contributed by atoms with E-state index in [-0.39, 0.29) is 5.91 Å². The van der Waals surface area contributed by atoms with Crippen LogP contribution >= 0.6 is 11.6 Å². The van der Waals surface area contributed by atoms with E-state index in [9.17, 15) is 4.79 Å². The topological polar surface area (TPSA) is 42.0 Å². The number of pyridine rings is 1. The van der Waals surface area contributed by atoms with Crippen LogP contribution in [-0.4, -0.2) is 10.9 Å². The van der Waals surface area contributed by atoms with Crippen LogP contribution in [0.4, 0.5) is 0 Å². The number of nitrogens with one attached hydrogen (secondary N) is 1. The average molecular weight is 253 g/mol. The third kappa shape index (κ3) is 1.73. The molecule has 1 aliphatic rings. The molecule has 0 aliphatic carbocycles. The van der Waals surface area contributed by atoms with E-state index in [1.165, 1.54) is 0 Å². The summed E-state index contributed by atoms with van der Waals surface area (Å²) in [6.07, 6.45) is 0.704. The molecule has 0 saturated carbocycles. The SMILES string of the molecule is CC[C@@]1(C)C(=O)NC(C)(C)c2ccc(Cl)nc21. The van der Waals surface area contributed by atoms with Gasteiger partial charge in [0.15, 0.2) is 0 Å². The summed E-state index contributed by atoms with van der Waals surface area (Å²) in [7, 11) is 0. The molecule has 0 bridgehead atoms. The van der Waals surface area contributed by atoms with Crippen molar-refractivity contribution in [2.45, 2.75) is 45.1 Å². The van der Waals surface area contributed by atoms with Crippen molar-refractivity contribution in [2.24, 2.45) is 0 Å². The van der Waals surface area contributed by atoms with Gasteiger partial charge < -0.3 is 5.32 Å². The predicted octanol–water partition coefficient (Wildman–Crippen LogP) is 2.77. The normalized spacial score (nSPS) is 26.3. The van der Waals surface area contributed by atoms with Crippen molar-refractivity contribution in [1.29, 1.82) is 0 Å². The minimum absolute atomic E-state index is 0.0206. The van der Waals surface area contributed by atoms with Gasteiger partial charge >= 0.3 is 0 Å². The van der Waals surface area contributed by atoms with Crippen LogP contribution in [0.2, 0.25) is 5.15 Å². The van der Waals surface area contributed by atoms with Gasteiger partial charge in [0, 0.05) is 0 Å². The molecule has 0 radical (unpaired) electrons. The number of carbonyl (C=O) groups is 1. The number of carbonyl (C=O) groups excluding carboxylic acids is 1. The van der Waals surface area contributed by atoms with Crippen molar-refractivity contribution in [2.75, 3.05) is 0 Å². The zero-order valence-corrected chi connectivity index (χ0v) is 11.4. The number of aromatic nitrogens is 1. The second-order valence-electron chi connectivity index (χ2n) is 5.29. The van der Waals surface area contributed by atoms with Crippen molar-refractivity contribution < 1.29 is 4.79 Å². The van der Waals surface area contributed by atoms with Crippen LogP contribution in [0.25, 0.3) is 0 Å². The fourth-order valence-corrected chi connectivity index (χ4v) is 2.43. The summed E-state index contributed by atoms with van der Waals surface area (Å²) < 4.78 is 0. The highest BCUT2D eigenvalue weighted by molar-refractivity contribution is 6.29. The van der Waals surface area contributed by atoms with Gasteiger partial charge in [-0.1, -0.05) is 24.6 Å². The van der Waals surface area contributed by atoms with Gasteiger partial charge in [0.25, 0.3) is 0 Å². The zero-order valence-electron chi connectivity index (χ0n) is 10.6. The Morgan fingerprint density at radius 3 is 2.59 bits per heavy atom. The van der Waals surface area contributed by atoms with E-state index in [4.69, 9.17) is 11.6 Å². The molecule has 0 saturated heterocycles. The molecule has 0 unspecified atom stereocenters. The van der Waals surface area contributed by atoms with E-state index >= 15 is 0 Å². The van der Waals surface area contributed by atoms with Gasteiger partial charge in [0.05, 0.1) is 16.6 Å². The standard InChI is InChI=1S/C13H17ClN2O/c1-5-13(4)10-8(6-7-9(14)15-10)12(2,3)16-11(13)17/h6-7H,5H2,1-4H3,(H,16,17)/t13-/m1/s1. The molecule has 1 aliphatic heterocycles. The maximum absolute atomic E-state index is 12.2. The summed E-state index contributed by atoms with van der Waals surface area (Å²) >= 11 is 5.96. The Morgan fingerprint density at radius 1 is 1.35 bits per heavy atom. The van der Waals surface area contributed by atoms with Crippen molar-refractivity contribution >= 4 is 17.5 Å². The van der Waals surface area contributed by atoms with Gasteiger partial charge in [-0.3, -0.25) is 4.79 Å². The number of halogens is 1. The van der Waals surface area contributed by atoms with Gasteiger partial charge in [0.1, 0.15) is 5.15 Å². The van der Waals surface area contributed by atoms with Crippen molar-refractivity contribution in [1.82, 2.24) is 10.3 Å².